The third-order valence-electron chi connectivity index (χ3n) is 8.60. The number of H-pyrrole nitrogens is 2. The lowest BCUT2D eigenvalue weighted by atomic mass is 9.86. The van der Waals surface area contributed by atoms with E-state index in [2.05, 4.69) is 35.8 Å². The molecule has 2 aromatic heterocycles. The number of nitrogens with one attached hydrogen (secondary N) is 2. The van der Waals surface area contributed by atoms with Gasteiger partial charge in [-0.3, -0.25) is 9.69 Å². The van der Waals surface area contributed by atoms with Crippen molar-refractivity contribution >= 4 is 22.8 Å². The lowest BCUT2D eigenvalue weighted by Gasteiger charge is -2.32. The maximum atomic E-state index is 14.3. The zero-order valence-electron chi connectivity index (χ0n) is 24.4. The number of likely N-dealkylation sites (tertiary alicyclic amines) is 1. The number of carbonyl (C=O) groups is 1. The molecule has 2 aliphatic rings. The van der Waals surface area contributed by atoms with Gasteiger partial charge in [0, 0.05) is 44.2 Å². The highest BCUT2D eigenvalue weighted by atomic mass is 19.1. The van der Waals surface area contributed by atoms with E-state index in [-0.39, 0.29) is 28.3 Å². The predicted molar refractivity (Wildman–Crippen MR) is 158 cm³/mol. The maximum Gasteiger partial charge on any atom is 0.323 e. The number of rotatable bonds is 6. The van der Waals surface area contributed by atoms with Crippen molar-refractivity contribution in [2.45, 2.75) is 45.7 Å². The fraction of sp³-hybridized carbons (Fsp3) is 0.419. The third-order valence-corrected chi connectivity index (χ3v) is 8.60. The van der Waals surface area contributed by atoms with Crippen LogP contribution in [-0.2, 0) is 6.54 Å². The standard InChI is InChI=1S/C31H36FN7O3/c1-30(2,3)37(4)28(40)22-14-21(32)6-8-25(22)42-26-15-33-19-34-27(26)39-12-10-31(18-39)9-11-38(17-31)16-20-5-7-23-24(13-20)36-29(41)35-23/h5-8,13-15,19H,9-12,16-18H2,1-4H3,(H2,35,36,41). The second-order valence-corrected chi connectivity index (χ2v) is 12.6. The van der Waals surface area contributed by atoms with E-state index in [4.69, 9.17) is 4.74 Å². The Morgan fingerprint density at radius 1 is 1.07 bits per heavy atom. The Balaban J connectivity index is 1.18. The van der Waals surface area contributed by atoms with E-state index in [1.165, 1.54) is 24.5 Å². The maximum absolute atomic E-state index is 14.3. The molecule has 0 aliphatic carbocycles. The number of aromatic nitrogens is 4. The number of hydrogen-bond donors (Lipinski definition) is 2. The predicted octanol–water partition coefficient (Wildman–Crippen LogP) is 4.55. The lowest BCUT2D eigenvalue weighted by molar-refractivity contribution is 0.0652. The van der Waals surface area contributed by atoms with E-state index >= 15 is 0 Å². The SMILES string of the molecule is CN(C(=O)c1cc(F)ccc1Oc1cncnc1N1CCC2(CCN(Cc3ccc4[nH]c(=O)[nH]c4c3)C2)C1)C(C)(C)C. The Bertz CT molecular complexity index is 1690. The van der Waals surface area contributed by atoms with Crippen LogP contribution in [0.5, 0.6) is 11.5 Å². The van der Waals surface area contributed by atoms with Gasteiger partial charge in [-0.2, -0.15) is 0 Å². The molecule has 220 valence electrons. The van der Waals surface area contributed by atoms with Crippen LogP contribution in [0.25, 0.3) is 11.0 Å². The molecule has 2 saturated heterocycles. The fourth-order valence-corrected chi connectivity index (χ4v) is 6.03. The number of benzene rings is 2. The van der Waals surface area contributed by atoms with Crippen LogP contribution in [0.1, 0.15) is 49.5 Å². The molecule has 11 heteroatoms. The second kappa shape index (κ2) is 10.5. The Labute approximate surface area is 243 Å². The molecule has 0 saturated carbocycles. The molecule has 1 atom stereocenters. The molecule has 2 aliphatic heterocycles. The van der Waals surface area contributed by atoms with Gasteiger partial charge in [-0.15, -0.1) is 0 Å². The largest absolute Gasteiger partial charge is 0.451 e. The minimum Gasteiger partial charge on any atom is -0.451 e. The molecule has 1 amide bonds. The van der Waals surface area contributed by atoms with Crippen molar-refractivity contribution in [3.63, 3.8) is 0 Å². The van der Waals surface area contributed by atoms with Gasteiger partial charge in [0.05, 0.1) is 22.8 Å². The van der Waals surface area contributed by atoms with Gasteiger partial charge in [0.2, 0.25) is 0 Å². The van der Waals surface area contributed by atoms with Crippen LogP contribution in [0.4, 0.5) is 10.2 Å². The number of nitrogens with zero attached hydrogens (tertiary/aromatic N) is 5. The van der Waals surface area contributed by atoms with E-state index in [1.54, 1.807) is 18.1 Å². The quantitative estimate of drug-likeness (QED) is 0.348. The second-order valence-electron chi connectivity index (χ2n) is 12.6. The molecule has 2 fully saturated rings. The molecular formula is C31H36FN7O3. The molecule has 1 spiro atoms. The number of hydrogen-bond acceptors (Lipinski definition) is 7. The zero-order valence-corrected chi connectivity index (χ0v) is 24.4. The first-order valence-corrected chi connectivity index (χ1v) is 14.2. The van der Waals surface area contributed by atoms with Crippen LogP contribution < -0.4 is 15.3 Å². The highest BCUT2D eigenvalue weighted by molar-refractivity contribution is 5.97. The molecule has 2 aromatic carbocycles. The number of ether oxygens (including phenoxy) is 1. The smallest absolute Gasteiger partial charge is 0.323 e. The molecule has 2 N–H and O–H groups in total. The monoisotopic (exact) mass is 573 g/mol. The molecular weight excluding hydrogens is 537 g/mol. The first-order valence-electron chi connectivity index (χ1n) is 14.2. The number of halogens is 1. The first kappa shape index (κ1) is 27.9. The molecule has 4 heterocycles. The average Bonchev–Trinajstić information content (AvgIpc) is 3.66. The zero-order chi connectivity index (χ0) is 29.6. The molecule has 42 heavy (non-hydrogen) atoms. The summed E-state index contributed by atoms with van der Waals surface area (Å²) in [6.45, 7) is 10.2. The van der Waals surface area contributed by atoms with E-state index in [1.807, 2.05) is 32.9 Å². The van der Waals surface area contributed by atoms with Gasteiger partial charge in [-0.05, 0) is 76.1 Å². The minimum atomic E-state index is -0.508. The third kappa shape index (κ3) is 5.48. The van der Waals surface area contributed by atoms with Crippen LogP contribution >= 0.6 is 0 Å². The summed E-state index contributed by atoms with van der Waals surface area (Å²) in [6, 6.07) is 10.0. The number of imidazole rings is 1. The highest BCUT2D eigenvalue weighted by Gasteiger charge is 2.44. The Morgan fingerprint density at radius 3 is 2.67 bits per heavy atom. The Kier molecular flexibility index (Phi) is 7.00. The van der Waals surface area contributed by atoms with Gasteiger partial charge < -0.3 is 24.5 Å². The van der Waals surface area contributed by atoms with Gasteiger partial charge in [-0.25, -0.2) is 19.2 Å². The molecule has 4 aromatic rings. The van der Waals surface area contributed by atoms with Crippen molar-refractivity contribution < 1.29 is 13.9 Å². The summed E-state index contributed by atoms with van der Waals surface area (Å²) in [4.78, 5) is 45.6. The summed E-state index contributed by atoms with van der Waals surface area (Å²) in [5.74, 6) is 0.510. The number of anilines is 1. The van der Waals surface area contributed by atoms with Crippen molar-refractivity contribution in [1.29, 1.82) is 0 Å². The van der Waals surface area contributed by atoms with Crippen LogP contribution in [0, 0.1) is 11.2 Å². The normalized spacial score (nSPS) is 19.2. The van der Waals surface area contributed by atoms with Gasteiger partial charge in [0.25, 0.3) is 5.91 Å². The number of aromatic amines is 2. The number of carbonyl (C=O) groups excluding carboxylic acids is 1. The summed E-state index contributed by atoms with van der Waals surface area (Å²) >= 11 is 0. The highest BCUT2D eigenvalue weighted by Crippen LogP contribution is 2.43. The summed E-state index contributed by atoms with van der Waals surface area (Å²) < 4.78 is 20.5. The van der Waals surface area contributed by atoms with E-state index in [0.29, 0.717) is 11.6 Å². The van der Waals surface area contributed by atoms with Crippen molar-refractivity contribution in [2.24, 2.45) is 5.41 Å². The van der Waals surface area contributed by atoms with Gasteiger partial charge in [0.15, 0.2) is 11.6 Å². The van der Waals surface area contributed by atoms with E-state index < -0.39 is 11.4 Å². The van der Waals surface area contributed by atoms with Gasteiger partial charge in [-0.1, -0.05) is 6.07 Å². The minimum absolute atomic E-state index is 0.126. The summed E-state index contributed by atoms with van der Waals surface area (Å²) in [6.07, 6.45) is 5.19. The summed E-state index contributed by atoms with van der Waals surface area (Å²) in [7, 11) is 1.70. The number of fused-ring (bicyclic) bond motifs is 1. The van der Waals surface area contributed by atoms with Crippen molar-refractivity contribution in [3.8, 4) is 11.5 Å². The molecule has 1 unspecified atom stereocenters. The first-order chi connectivity index (χ1) is 20.0. The van der Waals surface area contributed by atoms with E-state index in [0.717, 1.165) is 62.2 Å². The van der Waals surface area contributed by atoms with Crippen molar-refractivity contribution in [3.05, 3.63) is 76.4 Å². The summed E-state index contributed by atoms with van der Waals surface area (Å²) in [5, 5.41) is 0. The summed E-state index contributed by atoms with van der Waals surface area (Å²) in [5.41, 5.74) is 2.43. The van der Waals surface area contributed by atoms with Gasteiger partial charge in [0.1, 0.15) is 17.9 Å². The van der Waals surface area contributed by atoms with Crippen LogP contribution in [0.15, 0.2) is 53.7 Å². The van der Waals surface area contributed by atoms with Crippen LogP contribution in [-0.4, -0.2) is 74.4 Å². The molecule has 6 rings (SSSR count). The molecule has 10 nitrogen and oxygen atoms in total. The van der Waals surface area contributed by atoms with Gasteiger partial charge >= 0.3 is 5.69 Å². The fourth-order valence-electron chi connectivity index (χ4n) is 6.03. The van der Waals surface area contributed by atoms with Crippen molar-refractivity contribution in [1.82, 2.24) is 29.7 Å². The molecule has 0 bridgehead atoms. The Morgan fingerprint density at radius 2 is 1.86 bits per heavy atom. The average molecular weight is 574 g/mol. The molecule has 0 radical (unpaired) electrons. The topological polar surface area (TPSA) is 110 Å². The van der Waals surface area contributed by atoms with Crippen molar-refractivity contribution in [2.75, 3.05) is 38.1 Å². The Hall–Kier alpha value is -4.25. The lowest BCUT2D eigenvalue weighted by Crippen LogP contribution is -2.42. The van der Waals surface area contributed by atoms with Crippen LogP contribution in [0.3, 0.4) is 0 Å². The number of amides is 1. The van der Waals surface area contributed by atoms with E-state index in [9.17, 15) is 14.0 Å². The van der Waals surface area contributed by atoms with Crippen LogP contribution in [0.2, 0.25) is 0 Å².